The van der Waals surface area contributed by atoms with Crippen molar-refractivity contribution < 1.29 is 4.79 Å². The lowest BCUT2D eigenvalue weighted by atomic mass is 9.88. The molecule has 1 fully saturated rings. The monoisotopic (exact) mass is 265 g/mol. The largest absolute Gasteiger partial charge is 0.352 e. The minimum Gasteiger partial charge on any atom is -0.352 e. The molecule has 0 aromatic heterocycles. The number of carbonyl (C=O) groups excluding carboxylic acids is 1. The second-order valence-electron chi connectivity index (χ2n) is 5.14. The molecule has 1 aliphatic rings. The van der Waals surface area contributed by atoms with E-state index in [0.29, 0.717) is 12.5 Å². The van der Waals surface area contributed by atoms with Gasteiger partial charge in [0.2, 0.25) is 0 Å². The fourth-order valence-corrected chi connectivity index (χ4v) is 2.79. The summed E-state index contributed by atoms with van der Waals surface area (Å²) in [7, 11) is 0. The predicted molar refractivity (Wildman–Crippen MR) is 75.1 cm³/mol. The fraction of sp³-hybridized carbons (Fsp3) is 0.533. The maximum Gasteiger partial charge on any atom is 0.251 e. The highest BCUT2D eigenvalue weighted by Gasteiger charge is 2.23. The van der Waals surface area contributed by atoms with Crippen LogP contribution in [0.5, 0.6) is 0 Å². The van der Waals surface area contributed by atoms with Gasteiger partial charge in [0.05, 0.1) is 0 Å². The second kappa shape index (κ2) is 6.24. The molecule has 0 aliphatic heterocycles. The molecule has 1 aliphatic carbocycles. The van der Waals surface area contributed by atoms with Crippen LogP contribution in [0.2, 0.25) is 0 Å². The van der Waals surface area contributed by atoms with E-state index in [1.54, 1.807) is 0 Å². The minimum atomic E-state index is 0.00411. The van der Waals surface area contributed by atoms with Gasteiger partial charge in [-0.1, -0.05) is 30.5 Å². The average Bonchev–Trinajstić information content (AvgIpc) is 2.38. The SMILES string of the molecule is Cc1ccc(C(=O)NCC2CCCCC2Cl)cc1. The van der Waals surface area contributed by atoms with Crippen LogP contribution in [0.25, 0.3) is 0 Å². The van der Waals surface area contributed by atoms with Crippen molar-refractivity contribution in [1.29, 1.82) is 0 Å². The van der Waals surface area contributed by atoms with E-state index in [2.05, 4.69) is 5.32 Å². The fourth-order valence-electron chi connectivity index (χ4n) is 2.42. The average molecular weight is 266 g/mol. The number of halogens is 1. The number of rotatable bonds is 3. The van der Waals surface area contributed by atoms with Crippen LogP contribution in [-0.4, -0.2) is 17.8 Å². The van der Waals surface area contributed by atoms with Crippen molar-refractivity contribution in [2.75, 3.05) is 6.54 Å². The first-order valence-electron chi connectivity index (χ1n) is 6.66. The third-order valence-corrected chi connectivity index (χ3v) is 4.23. The lowest BCUT2D eigenvalue weighted by molar-refractivity contribution is 0.0944. The molecular weight excluding hydrogens is 246 g/mol. The van der Waals surface area contributed by atoms with E-state index in [1.807, 2.05) is 31.2 Å². The molecule has 1 saturated carbocycles. The van der Waals surface area contributed by atoms with Crippen molar-refractivity contribution in [1.82, 2.24) is 5.32 Å². The first kappa shape index (κ1) is 13.4. The predicted octanol–water partition coefficient (Wildman–Crippen LogP) is 3.52. The van der Waals surface area contributed by atoms with E-state index in [1.165, 1.54) is 18.4 Å². The Balaban J connectivity index is 1.86. The van der Waals surface area contributed by atoms with Gasteiger partial charge >= 0.3 is 0 Å². The maximum absolute atomic E-state index is 12.0. The molecule has 1 amide bonds. The Hall–Kier alpha value is -1.02. The third-order valence-electron chi connectivity index (χ3n) is 3.65. The molecule has 0 spiro atoms. The zero-order valence-corrected chi connectivity index (χ0v) is 11.5. The van der Waals surface area contributed by atoms with Gasteiger partial charge in [-0.25, -0.2) is 0 Å². The van der Waals surface area contributed by atoms with Gasteiger partial charge in [-0.2, -0.15) is 0 Å². The molecule has 3 heteroatoms. The first-order valence-corrected chi connectivity index (χ1v) is 7.09. The molecule has 0 saturated heterocycles. The van der Waals surface area contributed by atoms with Crippen LogP contribution in [0.15, 0.2) is 24.3 Å². The molecule has 1 aromatic rings. The van der Waals surface area contributed by atoms with Gasteiger partial charge < -0.3 is 5.32 Å². The highest BCUT2D eigenvalue weighted by atomic mass is 35.5. The van der Waals surface area contributed by atoms with Gasteiger partial charge in [0.25, 0.3) is 5.91 Å². The topological polar surface area (TPSA) is 29.1 Å². The molecule has 18 heavy (non-hydrogen) atoms. The number of hydrogen-bond acceptors (Lipinski definition) is 1. The number of nitrogens with one attached hydrogen (secondary N) is 1. The standard InChI is InChI=1S/C15H20ClNO/c1-11-6-8-12(9-7-11)15(18)17-10-13-4-2-3-5-14(13)16/h6-9,13-14H,2-5,10H2,1H3,(H,17,18). The Morgan fingerprint density at radius 3 is 2.61 bits per heavy atom. The number of hydrogen-bond donors (Lipinski definition) is 1. The smallest absolute Gasteiger partial charge is 0.251 e. The normalized spacial score (nSPS) is 23.7. The Bertz CT molecular complexity index is 401. The lowest BCUT2D eigenvalue weighted by Crippen LogP contribution is -2.34. The summed E-state index contributed by atoms with van der Waals surface area (Å²) in [6, 6.07) is 7.65. The zero-order valence-electron chi connectivity index (χ0n) is 10.8. The third kappa shape index (κ3) is 3.49. The summed E-state index contributed by atoms with van der Waals surface area (Å²) in [4.78, 5) is 12.0. The molecular formula is C15H20ClNO. The van der Waals surface area contributed by atoms with E-state index in [0.717, 1.165) is 18.4 Å². The maximum atomic E-state index is 12.0. The molecule has 2 unspecified atom stereocenters. The van der Waals surface area contributed by atoms with Crippen LogP contribution in [0.1, 0.15) is 41.6 Å². The Morgan fingerprint density at radius 2 is 1.94 bits per heavy atom. The summed E-state index contributed by atoms with van der Waals surface area (Å²) in [6.07, 6.45) is 4.65. The van der Waals surface area contributed by atoms with Gasteiger partial charge in [-0.05, 0) is 37.8 Å². The summed E-state index contributed by atoms with van der Waals surface area (Å²) < 4.78 is 0. The van der Waals surface area contributed by atoms with Crippen molar-refractivity contribution in [3.63, 3.8) is 0 Å². The highest BCUT2D eigenvalue weighted by Crippen LogP contribution is 2.28. The Morgan fingerprint density at radius 1 is 1.28 bits per heavy atom. The van der Waals surface area contributed by atoms with Crippen molar-refractivity contribution >= 4 is 17.5 Å². The van der Waals surface area contributed by atoms with Crippen LogP contribution in [0.3, 0.4) is 0 Å². The van der Waals surface area contributed by atoms with Crippen LogP contribution in [0.4, 0.5) is 0 Å². The minimum absolute atomic E-state index is 0.00411. The van der Waals surface area contributed by atoms with E-state index in [9.17, 15) is 4.79 Å². The Labute approximate surface area is 114 Å². The van der Waals surface area contributed by atoms with E-state index < -0.39 is 0 Å². The summed E-state index contributed by atoms with van der Waals surface area (Å²) in [5, 5.41) is 3.21. The van der Waals surface area contributed by atoms with E-state index >= 15 is 0 Å². The van der Waals surface area contributed by atoms with Gasteiger partial charge in [-0.3, -0.25) is 4.79 Å². The van der Waals surface area contributed by atoms with Crippen molar-refractivity contribution in [3.05, 3.63) is 35.4 Å². The number of carbonyl (C=O) groups is 1. The van der Waals surface area contributed by atoms with Crippen LogP contribution < -0.4 is 5.32 Å². The summed E-state index contributed by atoms with van der Waals surface area (Å²) in [5.41, 5.74) is 1.89. The van der Waals surface area contributed by atoms with Crippen LogP contribution in [0, 0.1) is 12.8 Å². The van der Waals surface area contributed by atoms with Crippen molar-refractivity contribution in [3.8, 4) is 0 Å². The number of amides is 1. The molecule has 98 valence electrons. The second-order valence-corrected chi connectivity index (χ2v) is 5.70. The molecule has 0 radical (unpaired) electrons. The lowest BCUT2D eigenvalue weighted by Gasteiger charge is -2.27. The number of aryl methyl sites for hydroxylation is 1. The van der Waals surface area contributed by atoms with E-state index in [-0.39, 0.29) is 11.3 Å². The summed E-state index contributed by atoms with van der Waals surface area (Å²) in [6.45, 7) is 2.71. The van der Waals surface area contributed by atoms with Gasteiger partial charge in [0.15, 0.2) is 0 Å². The molecule has 1 N–H and O–H groups in total. The molecule has 2 nitrogen and oxygen atoms in total. The number of alkyl halides is 1. The van der Waals surface area contributed by atoms with Gasteiger partial charge in [0, 0.05) is 17.5 Å². The van der Waals surface area contributed by atoms with Crippen molar-refractivity contribution in [2.45, 2.75) is 38.0 Å². The molecule has 0 heterocycles. The molecule has 1 aromatic carbocycles. The first-order chi connectivity index (χ1) is 8.66. The van der Waals surface area contributed by atoms with Crippen molar-refractivity contribution in [2.24, 2.45) is 5.92 Å². The number of benzene rings is 1. The van der Waals surface area contributed by atoms with Crippen LogP contribution >= 0.6 is 11.6 Å². The highest BCUT2D eigenvalue weighted by molar-refractivity contribution is 6.20. The zero-order chi connectivity index (χ0) is 13.0. The van der Waals surface area contributed by atoms with Gasteiger partial charge in [-0.15, -0.1) is 11.6 Å². The summed E-state index contributed by atoms with van der Waals surface area (Å²) in [5.74, 6) is 0.430. The summed E-state index contributed by atoms with van der Waals surface area (Å²) >= 11 is 6.28. The molecule has 2 atom stereocenters. The quantitative estimate of drug-likeness (QED) is 0.833. The van der Waals surface area contributed by atoms with Crippen LogP contribution in [-0.2, 0) is 0 Å². The molecule has 0 bridgehead atoms. The van der Waals surface area contributed by atoms with E-state index in [4.69, 9.17) is 11.6 Å². The van der Waals surface area contributed by atoms with Gasteiger partial charge in [0.1, 0.15) is 0 Å². The molecule has 2 rings (SSSR count). The Kier molecular flexibility index (Phi) is 4.65.